The lowest BCUT2D eigenvalue weighted by Gasteiger charge is -2.13. The number of allylic oxidation sites excluding steroid dienone is 1. The number of hydrogen-bond donors (Lipinski definition) is 1. The van der Waals surface area contributed by atoms with Crippen molar-refractivity contribution in [1.82, 2.24) is 5.32 Å². The fourth-order valence-electron chi connectivity index (χ4n) is 2.11. The number of nitrogens with one attached hydrogen (secondary N) is 1. The van der Waals surface area contributed by atoms with Crippen LogP contribution in [0.15, 0.2) is 41.0 Å². The Hall–Kier alpha value is -2.69. The number of hydrogen-bond acceptors (Lipinski definition) is 4. The van der Waals surface area contributed by atoms with Crippen LogP contribution in [-0.4, -0.2) is 20.1 Å². The molecule has 1 amide bonds. The average Bonchev–Trinajstić information content (AvgIpc) is 3.05. The molecule has 5 nitrogen and oxygen atoms in total. The molecule has 1 aromatic carbocycles. The first-order chi connectivity index (χ1) is 10.7. The summed E-state index contributed by atoms with van der Waals surface area (Å²) in [4.78, 5) is 12.3. The van der Waals surface area contributed by atoms with Crippen LogP contribution >= 0.6 is 0 Å². The second-order valence-electron chi connectivity index (χ2n) is 4.56. The van der Waals surface area contributed by atoms with Crippen molar-refractivity contribution in [3.05, 3.63) is 53.5 Å². The topological polar surface area (TPSA) is 60.7 Å². The monoisotopic (exact) mass is 301 g/mol. The number of benzene rings is 1. The molecule has 116 valence electrons. The maximum Gasteiger partial charge on any atom is 0.251 e. The molecule has 0 aliphatic rings. The standard InChI is InChI=1S/C17H19NO4/c1-4-6-12-9-13(10-15(20-2)16(12)21-3)17(19)18-11-14-7-5-8-22-14/h4-10H,11H2,1-3H3,(H,18,19)/b6-4+. The average molecular weight is 301 g/mol. The van der Waals surface area contributed by atoms with Crippen molar-refractivity contribution in [1.29, 1.82) is 0 Å². The summed E-state index contributed by atoms with van der Waals surface area (Å²) in [6.45, 7) is 2.23. The van der Waals surface area contributed by atoms with Crippen molar-refractivity contribution >= 4 is 12.0 Å². The Morgan fingerprint density at radius 3 is 2.73 bits per heavy atom. The second-order valence-corrected chi connectivity index (χ2v) is 4.56. The van der Waals surface area contributed by atoms with Gasteiger partial charge in [0.1, 0.15) is 5.76 Å². The number of carbonyl (C=O) groups excluding carboxylic acids is 1. The lowest BCUT2D eigenvalue weighted by atomic mass is 10.1. The van der Waals surface area contributed by atoms with E-state index in [0.29, 0.717) is 29.4 Å². The van der Waals surface area contributed by atoms with Crippen molar-refractivity contribution in [3.63, 3.8) is 0 Å². The molecular weight excluding hydrogens is 282 g/mol. The zero-order valence-electron chi connectivity index (χ0n) is 12.9. The first-order valence-corrected chi connectivity index (χ1v) is 6.89. The van der Waals surface area contributed by atoms with Gasteiger partial charge in [-0.2, -0.15) is 0 Å². The van der Waals surface area contributed by atoms with Gasteiger partial charge in [-0.05, 0) is 31.2 Å². The first-order valence-electron chi connectivity index (χ1n) is 6.89. The maximum atomic E-state index is 12.3. The van der Waals surface area contributed by atoms with Gasteiger partial charge in [0.25, 0.3) is 5.91 Å². The predicted octanol–water partition coefficient (Wildman–Crippen LogP) is 3.26. The van der Waals surface area contributed by atoms with Gasteiger partial charge in [-0.25, -0.2) is 0 Å². The molecule has 0 radical (unpaired) electrons. The lowest BCUT2D eigenvalue weighted by Crippen LogP contribution is -2.22. The van der Waals surface area contributed by atoms with E-state index in [1.165, 1.54) is 0 Å². The Labute approximate surface area is 129 Å². The van der Waals surface area contributed by atoms with Gasteiger partial charge in [-0.3, -0.25) is 4.79 Å². The van der Waals surface area contributed by atoms with Gasteiger partial charge in [0.2, 0.25) is 0 Å². The highest BCUT2D eigenvalue weighted by molar-refractivity contribution is 5.95. The summed E-state index contributed by atoms with van der Waals surface area (Å²) in [5.41, 5.74) is 1.28. The van der Waals surface area contributed by atoms with Gasteiger partial charge < -0.3 is 19.2 Å². The van der Waals surface area contributed by atoms with Crippen LogP contribution < -0.4 is 14.8 Å². The molecule has 0 saturated carbocycles. The van der Waals surface area contributed by atoms with Gasteiger partial charge >= 0.3 is 0 Å². The van der Waals surface area contributed by atoms with Crippen molar-refractivity contribution < 1.29 is 18.7 Å². The van der Waals surface area contributed by atoms with Gasteiger partial charge in [-0.15, -0.1) is 0 Å². The van der Waals surface area contributed by atoms with Crippen LogP contribution in [0.4, 0.5) is 0 Å². The van der Waals surface area contributed by atoms with E-state index in [9.17, 15) is 4.79 Å². The summed E-state index contributed by atoms with van der Waals surface area (Å²) in [7, 11) is 3.11. The molecule has 0 saturated heterocycles. The smallest absolute Gasteiger partial charge is 0.251 e. The Morgan fingerprint density at radius 1 is 1.32 bits per heavy atom. The molecule has 1 aromatic heterocycles. The van der Waals surface area contributed by atoms with Gasteiger partial charge in [0.15, 0.2) is 11.5 Å². The quantitative estimate of drug-likeness (QED) is 0.889. The number of furan rings is 1. The maximum absolute atomic E-state index is 12.3. The van der Waals surface area contributed by atoms with Crippen LogP contribution in [0.5, 0.6) is 11.5 Å². The fourth-order valence-corrected chi connectivity index (χ4v) is 2.11. The molecule has 0 unspecified atom stereocenters. The molecule has 22 heavy (non-hydrogen) atoms. The molecular formula is C17H19NO4. The highest BCUT2D eigenvalue weighted by Gasteiger charge is 2.15. The van der Waals surface area contributed by atoms with Gasteiger partial charge in [-0.1, -0.05) is 12.2 Å². The van der Waals surface area contributed by atoms with Gasteiger partial charge in [0, 0.05) is 11.1 Å². The zero-order valence-corrected chi connectivity index (χ0v) is 12.9. The number of methoxy groups -OCH3 is 2. The number of ether oxygens (including phenoxy) is 2. The summed E-state index contributed by atoms with van der Waals surface area (Å²) in [6, 6.07) is 7.00. The van der Waals surface area contributed by atoms with Crippen LogP contribution in [-0.2, 0) is 6.54 Å². The van der Waals surface area contributed by atoms with E-state index >= 15 is 0 Å². The van der Waals surface area contributed by atoms with E-state index in [1.54, 1.807) is 44.7 Å². The molecule has 0 spiro atoms. The second kappa shape index (κ2) is 7.36. The van der Waals surface area contributed by atoms with Gasteiger partial charge in [0.05, 0.1) is 27.0 Å². The van der Waals surface area contributed by atoms with E-state index in [2.05, 4.69) is 5.32 Å². The fraction of sp³-hybridized carbons (Fsp3) is 0.235. The van der Waals surface area contributed by atoms with E-state index in [-0.39, 0.29) is 5.91 Å². The molecule has 0 atom stereocenters. The Kier molecular flexibility index (Phi) is 5.25. The van der Waals surface area contributed by atoms with Crippen molar-refractivity contribution in [2.24, 2.45) is 0 Å². The third-order valence-corrected chi connectivity index (χ3v) is 3.12. The highest BCUT2D eigenvalue weighted by atomic mass is 16.5. The van der Waals surface area contributed by atoms with E-state index in [1.807, 2.05) is 19.1 Å². The van der Waals surface area contributed by atoms with Crippen molar-refractivity contribution in [3.8, 4) is 11.5 Å². The van der Waals surface area contributed by atoms with E-state index in [4.69, 9.17) is 13.9 Å². The van der Waals surface area contributed by atoms with Crippen LogP contribution in [0, 0.1) is 0 Å². The molecule has 0 fully saturated rings. The molecule has 2 aromatic rings. The molecule has 2 rings (SSSR count). The van der Waals surface area contributed by atoms with Crippen molar-refractivity contribution in [2.75, 3.05) is 14.2 Å². The van der Waals surface area contributed by atoms with Crippen LogP contribution in [0.2, 0.25) is 0 Å². The minimum Gasteiger partial charge on any atom is -0.493 e. The SMILES string of the molecule is C/C=C/c1cc(C(=O)NCc2ccco2)cc(OC)c1OC. The minimum atomic E-state index is -0.205. The lowest BCUT2D eigenvalue weighted by molar-refractivity contribution is 0.0947. The highest BCUT2D eigenvalue weighted by Crippen LogP contribution is 2.33. The van der Waals surface area contributed by atoms with E-state index in [0.717, 1.165) is 5.56 Å². The number of amides is 1. The number of rotatable bonds is 6. The summed E-state index contributed by atoms with van der Waals surface area (Å²) in [5, 5.41) is 2.81. The molecule has 1 N–H and O–H groups in total. The van der Waals surface area contributed by atoms with Crippen molar-refractivity contribution in [2.45, 2.75) is 13.5 Å². The van der Waals surface area contributed by atoms with E-state index < -0.39 is 0 Å². The Morgan fingerprint density at radius 2 is 2.14 bits per heavy atom. The molecule has 0 aliphatic heterocycles. The van der Waals surface area contributed by atoms with Crippen LogP contribution in [0.3, 0.4) is 0 Å². The summed E-state index contributed by atoms with van der Waals surface area (Å²) < 4.78 is 15.9. The largest absolute Gasteiger partial charge is 0.493 e. The molecule has 5 heteroatoms. The first kappa shape index (κ1) is 15.7. The summed E-state index contributed by atoms with van der Waals surface area (Å²) in [5.74, 6) is 1.61. The number of carbonyl (C=O) groups is 1. The van der Waals surface area contributed by atoms with Crippen LogP contribution in [0.25, 0.3) is 6.08 Å². The molecule has 1 heterocycles. The van der Waals surface area contributed by atoms with Crippen LogP contribution in [0.1, 0.15) is 28.6 Å². The Bertz CT molecular complexity index is 660. The minimum absolute atomic E-state index is 0.205. The zero-order chi connectivity index (χ0) is 15.9. The molecule has 0 bridgehead atoms. The normalized spacial score (nSPS) is 10.7. The third kappa shape index (κ3) is 3.49. The third-order valence-electron chi connectivity index (χ3n) is 3.12. The molecule has 0 aliphatic carbocycles. The summed E-state index contributed by atoms with van der Waals surface area (Å²) in [6.07, 6.45) is 5.31. The Balaban J connectivity index is 2.25. The summed E-state index contributed by atoms with van der Waals surface area (Å²) >= 11 is 0. The predicted molar refractivity (Wildman–Crippen MR) is 84.1 cm³/mol.